The van der Waals surface area contributed by atoms with E-state index >= 15 is 0 Å². The molecule has 5 heteroatoms. The summed E-state index contributed by atoms with van der Waals surface area (Å²) in [6, 6.07) is 0. The van der Waals surface area contributed by atoms with Crippen LogP contribution in [0.4, 0.5) is 0 Å². The summed E-state index contributed by atoms with van der Waals surface area (Å²) in [5, 5.41) is 24.4. The Hall–Kier alpha value is -0.200. The molecule has 5 nitrogen and oxygen atoms in total. The van der Waals surface area contributed by atoms with Crippen LogP contribution in [0.1, 0.15) is 0 Å². The second-order valence-corrected chi connectivity index (χ2v) is 2.26. The van der Waals surface area contributed by atoms with E-state index in [1.165, 1.54) is 0 Å². The summed E-state index contributed by atoms with van der Waals surface area (Å²) in [5.74, 6) is 0. The number of likely N-dealkylation sites (N-methyl/N-ethyl adjacent to an activating group) is 1. The molecule has 0 unspecified atom stereocenters. The average molecular weight is 180 g/mol. The molecular weight excluding hydrogens is 160 g/mol. The van der Waals surface area contributed by atoms with Gasteiger partial charge in [0.2, 0.25) is 0 Å². The van der Waals surface area contributed by atoms with E-state index in [4.69, 9.17) is 21.1 Å². The van der Waals surface area contributed by atoms with Crippen LogP contribution in [-0.2, 0) is 0 Å². The molecule has 0 saturated carbocycles. The van der Waals surface area contributed by atoms with E-state index in [2.05, 4.69) is 0 Å². The van der Waals surface area contributed by atoms with Crippen molar-refractivity contribution in [3.63, 3.8) is 0 Å². The van der Waals surface area contributed by atoms with E-state index in [1.54, 1.807) is 0 Å². The summed E-state index contributed by atoms with van der Waals surface area (Å²) in [6.07, 6.45) is 0. The van der Waals surface area contributed by atoms with Crippen molar-refractivity contribution in [2.24, 2.45) is 5.73 Å². The van der Waals surface area contributed by atoms with Crippen LogP contribution >= 0.6 is 0 Å². The van der Waals surface area contributed by atoms with Crippen molar-refractivity contribution < 1.29 is 15.3 Å². The molecule has 0 rings (SSSR count). The topological polar surface area (TPSA) is 90.0 Å². The van der Waals surface area contributed by atoms with Gasteiger partial charge in [0.25, 0.3) is 0 Å². The third kappa shape index (κ3) is 16.4. The molecule has 0 fully saturated rings. The van der Waals surface area contributed by atoms with Crippen molar-refractivity contribution in [3.05, 3.63) is 0 Å². The third-order valence-electron chi connectivity index (χ3n) is 1.09. The monoisotopic (exact) mass is 180 g/mol. The number of hydrogen-bond donors (Lipinski definition) is 4. The molecule has 0 aromatic heterocycles. The molecule has 0 aromatic rings. The molecule has 0 aliphatic heterocycles. The van der Waals surface area contributed by atoms with Gasteiger partial charge in [0.1, 0.15) is 0 Å². The van der Waals surface area contributed by atoms with Gasteiger partial charge in [0.15, 0.2) is 0 Å². The second-order valence-electron chi connectivity index (χ2n) is 2.26. The molecular formula is C7H20N2O3. The predicted molar refractivity (Wildman–Crippen MR) is 47.8 cm³/mol. The first-order valence-electron chi connectivity index (χ1n) is 3.94. The minimum absolute atomic E-state index is 0.0972. The van der Waals surface area contributed by atoms with Crippen molar-refractivity contribution in [1.82, 2.24) is 4.90 Å². The number of aliphatic hydroxyl groups excluding tert-OH is 3. The lowest BCUT2D eigenvalue weighted by molar-refractivity contribution is 0.184. The van der Waals surface area contributed by atoms with Gasteiger partial charge < -0.3 is 26.0 Å². The maximum absolute atomic E-state index is 8.34. The molecule has 0 atom stereocenters. The lowest BCUT2D eigenvalue weighted by atomic mass is 10.5. The van der Waals surface area contributed by atoms with Gasteiger partial charge in [0.05, 0.1) is 19.8 Å². The minimum atomic E-state index is 0.0972. The zero-order valence-corrected chi connectivity index (χ0v) is 7.61. The van der Waals surface area contributed by atoms with Crippen molar-refractivity contribution in [1.29, 1.82) is 0 Å². The normalized spacial score (nSPS) is 9.50. The summed E-state index contributed by atoms with van der Waals surface area (Å²) in [5.41, 5.74) is 4.78. The van der Waals surface area contributed by atoms with Crippen LogP contribution in [0.5, 0.6) is 0 Å². The van der Waals surface area contributed by atoms with E-state index in [0.717, 1.165) is 0 Å². The number of nitrogens with two attached hydrogens (primary N) is 1. The summed E-state index contributed by atoms with van der Waals surface area (Å²) in [4.78, 5) is 1.86. The zero-order chi connectivity index (χ0) is 9.82. The van der Waals surface area contributed by atoms with Crippen LogP contribution < -0.4 is 5.73 Å². The first-order valence-corrected chi connectivity index (χ1v) is 3.94. The maximum atomic E-state index is 8.34. The Morgan fingerprint density at radius 3 is 1.50 bits per heavy atom. The molecule has 0 spiro atoms. The smallest absolute Gasteiger partial charge is 0.0558 e. The quantitative estimate of drug-likeness (QED) is 0.387. The fourth-order valence-corrected chi connectivity index (χ4v) is 0.453. The summed E-state index contributed by atoms with van der Waals surface area (Å²) >= 11 is 0. The lowest BCUT2D eigenvalue weighted by Crippen LogP contribution is -2.25. The highest BCUT2D eigenvalue weighted by Crippen LogP contribution is 1.76. The first kappa shape index (κ1) is 14.3. The molecule has 0 bridgehead atoms. The minimum Gasteiger partial charge on any atom is -0.395 e. The fourth-order valence-electron chi connectivity index (χ4n) is 0.453. The Bertz CT molecular complexity index is 65.7. The van der Waals surface area contributed by atoms with E-state index in [1.807, 2.05) is 11.9 Å². The van der Waals surface area contributed by atoms with Gasteiger partial charge in [-0.1, -0.05) is 0 Å². The van der Waals surface area contributed by atoms with E-state index in [-0.39, 0.29) is 19.8 Å². The standard InChI is InChI=1S/C5H13NO2.C2H7NO/c1-6(2-4-7)3-5-8;3-1-2-4/h7-8H,2-5H2,1H3;4H,1-3H2. The van der Waals surface area contributed by atoms with E-state index in [0.29, 0.717) is 19.6 Å². The first-order chi connectivity index (χ1) is 5.72. The molecule has 0 saturated heterocycles. The van der Waals surface area contributed by atoms with E-state index in [9.17, 15) is 0 Å². The molecule has 5 N–H and O–H groups in total. The van der Waals surface area contributed by atoms with Gasteiger partial charge in [-0.05, 0) is 7.05 Å². The van der Waals surface area contributed by atoms with Crippen molar-refractivity contribution in [2.45, 2.75) is 0 Å². The van der Waals surface area contributed by atoms with Crippen molar-refractivity contribution >= 4 is 0 Å². The number of hydrogen-bond acceptors (Lipinski definition) is 5. The highest BCUT2D eigenvalue weighted by molar-refractivity contribution is 4.45. The maximum Gasteiger partial charge on any atom is 0.0558 e. The van der Waals surface area contributed by atoms with Gasteiger partial charge in [-0.3, -0.25) is 0 Å². The fraction of sp³-hybridized carbons (Fsp3) is 1.00. The Morgan fingerprint density at radius 1 is 1.00 bits per heavy atom. The highest BCUT2D eigenvalue weighted by Gasteiger charge is 1.91. The second kappa shape index (κ2) is 13.4. The largest absolute Gasteiger partial charge is 0.395 e. The van der Waals surface area contributed by atoms with Gasteiger partial charge >= 0.3 is 0 Å². The van der Waals surface area contributed by atoms with Crippen LogP contribution in [0.3, 0.4) is 0 Å². The average Bonchev–Trinajstić information content (AvgIpc) is 2.06. The van der Waals surface area contributed by atoms with Crippen LogP contribution in [-0.4, -0.2) is 66.7 Å². The van der Waals surface area contributed by atoms with Gasteiger partial charge in [-0.25, -0.2) is 0 Å². The number of rotatable bonds is 5. The lowest BCUT2D eigenvalue weighted by Gasteiger charge is -2.11. The Morgan fingerprint density at radius 2 is 1.33 bits per heavy atom. The third-order valence-corrected chi connectivity index (χ3v) is 1.09. The summed E-state index contributed by atoms with van der Waals surface area (Å²) < 4.78 is 0. The Labute approximate surface area is 73.4 Å². The molecule has 76 valence electrons. The highest BCUT2D eigenvalue weighted by atomic mass is 16.3. The number of nitrogens with zero attached hydrogens (tertiary/aromatic N) is 1. The SMILES string of the molecule is CN(CCO)CCO.NCCO. The van der Waals surface area contributed by atoms with Crippen LogP contribution in [0, 0.1) is 0 Å². The summed E-state index contributed by atoms with van der Waals surface area (Å²) in [6.45, 7) is 2.08. The van der Waals surface area contributed by atoms with Crippen molar-refractivity contribution in [2.75, 3.05) is 46.5 Å². The molecule has 12 heavy (non-hydrogen) atoms. The number of aliphatic hydroxyl groups is 3. The van der Waals surface area contributed by atoms with Gasteiger partial charge in [-0.2, -0.15) is 0 Å². The molecule has 0 aromatic carbocycles. The van der Waals surface area contributed by atoms with E-state index < -0.39 is 0 Å². The molecule has 0 radical (unpaired) electrons. The van der Waals surface area contributed by atoms with Gasteiger partial charge in [-0.15, -0.1) is 0 Å². The molecule has 0 amide bonds. The Kier molecular flexibility index (Phi) is 16.0. The summed E-state index contributed by atoms with van der Waals surface area (Å²) in [7, 11) is 1.85. The molecule has 0 aliphatic rings. The predicted octanol–water partition coefficient (Wildman–Crippen LogP) is -2.16. The van der Waals surface area contributed by atoms with Crippen LogP contribution in [0.2, 0.25) is 0 Å². The van der Waals surface area contributed by atoms with Crippen LogP contribution in [0.25, 0.3) is 0 Å². The van der Waals surface area contributed by atoms with Crippen molar-refractivity contribution in [3.8, 4) is 0 Å². The molecule has 0 heterocycles. The van der Waals surface area contributed by atoms with Crippen LogP contribution in [0.15, 0.2) is 0 Å². The Balaban J connectivity index is 0. The van der Waals surface area contributed by atoms with Gasteiger partial charge in [0, 0.05) is 19.6 Å². The molecule has 0 aliphatic carbocycles. The zero-order valence-electron chi connectivity index (χ0n) is 7.61.